The highest BCUT2D eigenvalue weighted by molar-refractivity contribution is 6.42. The molecule has 1 aliphatic heterocycles. The Bertz CT molecular complexity index is 1010. The highest BCUT2D eigenvalue weighted by Crippen LogP contribution is 2.24. The van der Waals surface area contributed by atoms with Crippen molar-refractivity contribution in [2.75, 3.05) is 23.3 Å². The second-order valence-corrected chi connectivity index (χ2v) is 8.15. The Morgan fingerprint density at radius 1 is 0.833 bits per heavy atom. The van der Waals surface area contributed by atoms with Gasteiger partial charge in [0.05, 0.1) is 15.7 Å². The number of benzene rings is 2. The van der Waals surface area contributed by atoms with Crippen molar-refractivity contribution < 1.29 is 4.79 Å². The molecule has 1 N–H and O–H groups in total. The van der Waals surface area contributed by atoms with Gasteiger partial charge in [0.25, 0.3) is 5.91 Å². The van der Waals surface area contributed by atoms with E-state index in [1.807, 2.05) is 36.4 Å². The first-order valence-electron chi connectivity index (χ1n) is 10.1. The summed E-state index contributed by atoms with van der Waals surface area (Å²) in [6.07, 6.45) is 4.99. The van der Waals surface area contributed by atoms with Crippen molar-refractivity contribution in [3.05, 3.63) is 70.2 Å². The van der Waals surface area contributed by atoms with Crippen molar-refractivity contribution in [2.45, 2.75) is 25.7 Å². The Kier molecular flexibility index (Phi) is 6.50. The van der Waals surface area contributed by atoms with Gasteiger partial charge < -0.3 is 10.2 Å². The highest BCUT2D eigenvalue weighted by atomic mass is 35.5. The molecular formula is C23H22Cl2N4O. The molecule has 1 saturated heterocycles. The van der Waals surface area contributed by atoms with Crippen LogP contribution in [0.3, 0.4) is 0 Å². The van der Waals surface area contributed by atoms with Crippen molar-refractivity contribution in [1.82, 2.24) is 10.2 Å². The van der Waals surface area contributed by atoms with Gasteiger partial charge in [0, 0.05) is 29.9 Å². The summed E-state index contributed by atoms with van der Waals surface area (Å²) in [6, 6.07) is 16.3. The third kappa shape index (κ3) is 4.91. The molecule has 1 fully saturated rings. The maximum atomic E-state index is 12.4. The first kappa shape index (κ1) is 20.6. The predicted molar refractivity (Wildman–Crippen MR) is 123 cm³/mol. The summed E-state index contributed by atoms with van der Waals surface area (Å²) in [5, 5.41) is 12.5. The summed E-state index contributed by atoms with van der Waals surface area (Å²) in [6.45, 7) is 2.09. The Labute approximate surface area is 186 Å². The topological polar surface area (TPSA) is 58.1 Å². The van der Waals surface area contributed by atoms with Crippen LogP contribution in [0.2, 0.25) is 10.0 Å². The zero-order chi connectivity index (χ0) is 20.9. The van der Waals surface area contributed by atoms with E-state index in [2.05, 4.69) is 20.4 Å². The van der Waals surface area contributed by atoms with Gasteiger partial charge >= 0.3 is 0 Å². The summed E-state index contributed by atoms with van der Waals surface area (Å²) in [5.41, 5.74) is 2.88. The van der Waals surface area contributed by atoms with Crippen molar-refractivity contribution >= 4 is 40.6 Å². The van der Waals surface area contributed by atoms with Gasteiger partial charge in [-0.3, -0.25) is 4.79 Å². The molecular weight excluding hydrogens is 419 g/mol. The second kappa shape index (κ2) is 9.45. The van der Waals surface area contributed by atoms with Crippen molar-refractivity contribution in [3.63, 3.8) is 0 Å². The fourth-order valence-electron chi connectivity index (χ4n) is 3.51. The van der Waals surface area contributed by atoms with Gasteiger partial charge in [-0.2, -0.15) is 0 Å². The summed E-state index contributed by atoms with van der Waals surface area (Å²) in [4.78, 5) is 14.7. The molecule has 5 nitrogen and oxygen atoms in total. The van der Waals surface area contributed by atoms with E-state index in [1.54, 1.807) is 18.2 Å². The number of rotatable bonds is 4. The van der Waals surface area contributed by atoms with Crippen molar-refractivity contribution in [1.29, 1.82) is 0 Å². The SMILES string of the molecule is O=C(Nc1ccc(-c2ccc(N3CCCCCC3)nn2)cc1)c1ccc(Cl)c(Cl)c1. The van der Waals surface area contributed by atoms with E-state index in [4.69, 9.17) is 23.2 Å². The molecule has 154 valence electrons. The number of nitrogens with one attached hydrogen (secondary N) is 1. The van der Waals surface area contributed by atoms with E-state index < -0.39 is 0 Å². The molecule has 0 unspecified atom stereocenters. The van der Waals surface area contributed by atoms with Crippen LogP contribution in [0.25, 0.3) is 11.3 Å². The minimum Gasteiger partial charge on any atom is -0.355 e. The molecule has 1 amide bonds. The van der Waals surface area contributed by atoms with E-state index in [9.17, 15) is 4.79 Å². The molecule has 1 aliphatic rings. The predicted octanol–water partition coefficient (Wildman–Crippen LogP) is 6.08. The molecule has 1 aromatic heterocycles. The second-order valence-electron chi connectivity index (χ2n) is 7.34. The number of carbonyl (C=O) groups excluding carboxylic acids is 1. The van der Waals surface area contributed by atoms with Crippen molar-refractivity contribution in [2.24, 2.45) is 0 Å². The van der Waals surface area contributed by atoms with Crippen LogP contribution in [0.4, 0.5) is 11.5 Å². The van der Waals surface area contributed by atoms with E-state index in [1.165, 1.54) is 25.7 Å². The van der Waals surface area contributed by atoms with Crippen LogP contribution in [-0.2, 0) is 0 Å². The molecule has 0 aliphatic carbocycles. The molecule has 2 heterocycles. The number of carbonyl (C=O) groups is 1. The molecule has 0 atom stereocenters. The van der Waals surface area contributed by atoms with Crippen LogP contribution >= 0.6 is 23.2 Å². The van der Waals surface area contributed by atoms with Crippen LogP contribution in [0.5, 0.6) is 0 Å². The molecule has 0 radical (unpaired) electrons. The monoisotopic (exact) mass is 440 g/mol. The normalized spacial score (nSPS) is 14.3. The molecule has 30 heavy (non-hydrogen) atoms. The molecule has 0 saturated carbocycles. The molecule has 0 bridgehead atoms. The molecule has 3 aromatic rings. The lowest BCUT2D eigenvalue weighted by atomic mass is 10.1. The Hall–Kier alpha value is -2.63. The first-order chi connectivity index (χ1) is 14.6. The average Bonchev–Trinajstić information content (AvgIpc) is 3.06. The van der Waals surface area contributed by atoms with Crippen LogP contribution in [0.1, 0.15) is 36.0 Å². The number of halogens is 2. The number of nitrogens with zero attached hydrogens (tertiary/aromatic N) is 3. The van der Waals surface area contributed by atoms with Crippen LogP contribution in [-0.4, -0.2) is 29.2 Å². The zero-order valence-corrected chi connectivity index (χ0v) is 18.0. The Balaban J connectivity index is 1.42. The lowest BCUT2D eigenvalue weighted by molar-refractivity contribution is 0.102. The largest absolute Gasteiger partial charge is 0.355 e. The molecule has 7 heteroatoms. The van der Waals surface area contributed by atoms with Gasteiger partial charge in [0.15, 0.2) is 5.82 Å². The van der Waals surface area contributed by atoms with Crippen LogP contribution in [0.15, 0.2) is 54.6 Å². The lowest BCUT2D eigenvalue weighted by Crippen LogP contribution is -2.25. The van der Waals surface area contributed by atoms with Gasteiger partial charge in [-0.15, -0.1) is 10.2 Å². The third-order valence-corrected chi connectivity index (χ3v) is 5.94. The number of hydrogen-bond donors (Lipinski definition) is 1. The zero-order valence-electron chi connectivity index (χ0n) is 16.4. The fourth-order valence-corrected chi connectivity index (χ4v) is 3.81. The average molecular weight is 441 g/mol. The smallest absolute Gasteiger partial charge is 0.255 e. The standard InChI is InChI=1S/C23H22Cl2N4O/c24-19-10-7-17(15-20(19)25)23(30)26-18-8-5-16(6-9-18)21-11-12-22(28-27-21)29-13-3-1-2-4-14-29/h5-12,15H,1-4,13-14H2,(H,26,30). The Morgan fingerprint density at radius 3 is 2.20 bits per heavy atom. The minimum absolute atomic E-state index is 0.247. The number of aromatic nitrogens is 2. The third-order valence-electron chi connectivity index (χ3n) is 5.20. The molecule has 2 aromatic carbocycles. The summed E-state index contributed by atoms with van der Waals surface area (Å²) < 4.78 is 0. The Morgan fingerprint density at radius 2 is 1.57 bits per heavy atom. The molecule has 0 spiro atoms. The number of hydrogen-bond acceptors (Lipinski definition) is 4. The summed E-state index contributed by atoms with van der Waals surface area (Å²) in [7, 11) is 0. The minimum atomic E-state index is -0.247. The van der Waals surface area contributed by atoms with Gasteiger partial charge in [-0.1, -0.05) is 48.2 Å². The van der Waals surface area contributed by atoms with E-state index >= 15 is 0 Å². The number of amides is 1. The van der Waals surface area contributed by atoms with Gasteiger partial charge in [-0.25, -0.2) is 0 Å². The fraction of sp³-hybridized carbons (Fsp3) is 0.261. The van der Waals surface area contributed by atoms with Crippen molar-refractivity contribution in [3.8, 4) is 11.3 Å². The summed E-state index contributed by atoms with van der Waals surface area (Å²) in [5.74, 6) is 0.689. The van der Waals surface area contributed by atoms with Crippen LogP contribution < -0.4 is 10.2 Å². The number of anilines is 2. The first-order valence-corrected chi connectivity index (χ1v) is 10.8. The highest BCUT2D eigenvalue weighted by Gasteiger charge is 2.12. The quantitative estimate of drug-likeness (QED) is 0.533. The lowest BCUT2D eigenvalue weighted by Gasteiger charge is -2.20. The molecule has 4 rings (SSSR count). The maximum Gasteiger partial charge on any atom is 0.255 e. The maximum absolute atomic E-state index is 12.4. The summed E-state index contributed by atoms with van der Waals surface area (Å²) >= 11 is 11.9. The van der Waals surface area contributed by atoms with E-state index in [0.29, 0.717) is 21.3 Å². The van der Waals surface area contributed by atoms with Gasteiger partial charge in [0.2, 0.25) is 0 Å². The van der Waals surface area contributed by atoms with Gasteiger partial charge in [-0.05, 0) is 55.3 Å². The van der Waals surface area contributed by atoms with E-state index in [0.717, 1.165) is 30.2 Å². The van der Waals surface area contributed by atoms with Crippen LogP contribution in [0, 0.1) is 0 Å². The van der Waals surface area contributed by atoms with Gasteiger partial charge in [0.1, 0.15) is 0 Å². The van der Waals surface area contributed by atoms with E-state index in [-0.39, 0.29) is 5.91 Å².